The third kappa shape index (κ3) is 7.40. The molecule has 0 saturated carbocycles. The van der Waals surface area contributed by atoms with Gasteiger partial charge in [0.1, 0.15) is 0 Å². The van der Waals surface area contributed by atoms with Gasteiger partial charge in [-0.05, 0) is 30.9 Å². The topological polar surface area (TPSA) is 48.9 Å². The molecule has 1 aliphatic rings. The zero-order chi connectivity index (χ0) is 18.1. The number of rotatable bonds is 7. The summed E-state index contributed by atoms with van der Waals surface area (Å²) in [6.45, 7) is 15.0. The molecule has 5 nitrogen and oxygen atoms in total. The van der Waals surface area contributed by atoms with Crippen LogP contribution >= 0.6 is 24.0 Å². The molecule has 0 spiro atoms. The maximum atomic E-state index is 5.49. The molecule has 2 N–H and O–H groups in total. The molecule has 1 aliphatic heterocycles. The Hall–Kier alpha value is -0.860. The number of aliphatic imine (C=N–C) groups is 1. The van der Waals surface area contributed by atoms with Crippen LogP contribution in [-0.2, 0) is 11.3 Å². The van der Waals surface area contributed by atoms with Gasteiger partial charge in [0, 0.05) is 32.2 Å². The van der Waals surface area contributed by atoms with Crippen molar-refractivity contribution in [2.75, 3.05) is 39.4 Å². The van der Waals surface area contributed by atoms with E-state index in [4.69, 9.17) is 9.73 Å². The van der Waals surface area contributed by atoms with Crippen LogP contribution in [0.5, 0.6) is 0 Å². The second-order valence-electron chi connectivity index (χ2n) is 6.96. The van der Waals surface area contributed by atoms with E-state index in [1.54, 1.807) is 0 Å². The van der Waals surface area contributed by atoms with Crippen LogP contribution in [-0.4, -0.2) is 56.3 Å². The van der Waals surface area contributed by atoms with Crippen molar-refractivity contribution in [2.24, 2.45) is 10.9 Å². The lowest BCUT2D eigenvalue weighted by Crippen LogP contribution is -2.52. The Labute approximate surface area is 176 Å². The second kappa shape index (κ2) is 12.5. The summed E-state index contributed by atoms with van der Waals surface area (Å²) in [5.74, 6) is 1.48. The lowest BCUT2D eigenvalue weighted by Gasteiger charge is -2.37. The van der Waals surface area contributed by atoms with Crippen molar-refractivity contribution in [1.29, 1.82) is 0 Å². The van der Waals surface area contributed by atoms with E-state index in [1.165, 1.54) is 11.1 Å². The van der Waals surface area contributed by atoms with Crippen LogP contribution in [0.15, 0.2) is 29.3 Å². The maximum absolute atomic E-state index is 5.49. The number of nitrogens with zero attached hydrogens (tertiary/aromatic N) is 2. The van der Waals surface area contributed by atoms with Crippen molar-refractivity contribution in [3.8, 4) is 0 Å². The fraction of sp³-hybridized carbons (Fsp3) is 0.650. The van der Waals surface area contributed by atoms with Gasteiger partial charge in [0.15, 0.2) is 5.96 Å². The van der Waals surface area contributed by atoms with Gasteiger partial charge in [-0.1, -0.05) is 38.1 Å². The average molecular weight is 474 g/mol. The highest BCUT2D eigenvalue weighted by Gasteiger charge is 2.23. The molecule has 0 radical (unpaired) electrons. The molecule has 1 saturated heterocycles. The highest BCUT2D eigenvalue weighted by Crippen LogP contribution is 2.12. The van der Waals surface area contributed by atoms with Gasteiger partial charge in [-0.2, -0.15) is 0 Å². The summed E-state index contributed by atoms with van der Waals surface area (Å²) in [6, 6.07) is 8.92. The molecule has 1 aromatic carbocycles. The number of guanidine groups is 1. The van der Waals surface area contributed by atoms with Gasteiger partial charge in [-0.25, -0.2) is 4.99 Å². The lowest BCUT2D eigenvalue weighted by atomic mass is 10.0. The number of ether oxygens (including phenoxy) is 1. The van der Waals surface area contributed by atoms with E-state index in [2.05, 4.69) is 67.5 Å². The molecule has 2 rings (SSSR count). The molecule has 0 bridgehead atoms. The largest absolute Gasteiger partial charge is 0.379 e. The lowest BCUT2D eigenvalue weighted by molar-refractivity contribution is 0.00752. The van der Waals surface area contributed by atoms with Crippen LogP contribution in [0.1, 0.15) is 31.9 Å². The molecule has 1 unspecified atom stereocenters. The van der Waals surface area contributed by atoms with E-state index in [0.717, 1.165) is 45.4 Å². The highest BCUT2D eigenvalue weighted by atomic mass is 127. The van der Waals surface area contributed by atoms with Crippen molar-refractivity contribution in [2.45, 2.75) is 40.3 Å². The standard InChI is InChI=1S/C20H34N4O.HI/c1-5-21-20(22-14-18-9-7-6-8-17(18)4)23-15-19(16(2)3)24-10-12-25-13-11-24;/h6-9,16,19H,5,10-15H2,1-4H3,(H2,21,22,23);1H. The minimum Gasteiger partial charge on any atom is -0.379 e. The van der Waals surface area contributed by atoms with Crippen LogP contribution in [0.4, 0.5) is 0 Å². The Morgan fingerprint density at radius 2 is 1.88 bits per heavy atom. The van der Waals surface area contributed by atoms with Gasteiger partial charge >= 0.3 is 0 Å². The number of hydrogen-bond donors (Lipinski definition) is 2. The van der Waals surface area contributed by atoms with Crippen LogP contribution in [0.3, 0.4) is 0 Å². The van der Waals surface area contributed by atoms with Crippen LogP contribution < -0.4 is 10.6 Å². The predicted molar refractivity (Wildman–Crippen MR) is 120 cm³/mol. The molecule has 6 heteroatoms. The summed E-state index contributed by atoms with van der Waals surface area (Å²) in [5, 5.41) is 6.91. The smallest absolute Gasteiger partial charge is 0.191 e. The SMILES string of the molecule is CCNC(=NCc1ccccc1C)NCC(C(C)C)N1CCOCC1.I. The molecule has 0 aliphatic carbocycles. The van der Waals surface area contributed by atoms with Crippen LogP contribution in [0.25, 0.3) is 0 Å². The number of benzene rings is 1. The minimum atomic E-state index is 0. The first-order valence-corrected chi connectivity index (χ1v) is 9.50. The van der Waals surface area contributed by atoms with Crippen LogP contribution in [0.2, 0.25) is 0 Å². The third-order valence-corrected chi connectivity index (χ3v) is 4.78. The predicted octanol–water partition coefficient (Wildman–Crippen LogP) is 3.02. The van der Waals surface area contributed by atoms with Crippen molar-refractivity contribution in [3.05, 3.63) is 35.4 Å². The monoisotopic (exact) mass is 474 g/mol. The van der Waals surface area contributed by atoms with Crippen molar-refractivity contribution in [1.82, 2.24) is 15.5 Å². The Bertz CT molecular complexity index is 544. The van der Waals surface area contributed by atoms with Crippen molar-refractivity contribution >= 4 is 29.9 Å². The third-order valence-electron chi connectivity index (χ3n) is 4.78. The highest BCUT2D eigenvalue weighted by molar-refractivity contribution is 14.0. The Morgan fingerprint density at radius 3 is 2.50 bits per heavy atom. The maximum Gasteiger partial charge on any atom is 0.191 e. The first-order chi connectivity index (χ1) is 12.1. The summed E-state index contributed by atoms with van der Waals surface area (Å²) in [4.78, 5) is 7.31. The van der Waals surface area contributed by atoms with E-state index < -0.39 is 0 Å². The van der Waals surface area contributed by atoms with E-state index in [9.17, 15) is 0 Å². The zero-order valence-electron chi connectivity index (χ0n) is 16.6. The molecule has 148 valence electrons. The second-order valence-corrected chi connectivity index (χ2v) is 6.96. The molecule has 0 amide bonds. The van der Waals surface area contributed by atoms with E-state index in [-0.39, 0.29) is 24.0 Å². The molecular weight excluding hydrogens is 439 g/mol. The van der Waals surface area contributed by atoms with Gasteiger partial charge in [0.05, 0.1) is 19.8 Å². The number of hydrogen-bond acceptors (Lipinski definition) is 3. The van der Waals surface area contributed by atoms with Crippen molar-refractivity contribution < 1.29 is 4.74 Å². The average Bonchev–Trinajstić information content (AvgIpc) is 2.61. The summed E-state index contributed by atoms with van der Waals surface area (Å²) < 4.78 is 5.49. The number of nitrogens with one attached hydrogen (secondary N) is 2. The fourth-order valence-corrected chi connectivity index (χ4v) is 3.19. The summed E-state index contributed by atoms with van der Waals surface area (Å²) in [5.41, 5.74) is 2.56. The normalized spacial score (nSPS) is 16.9. The Morgan fingerprint density at radius 1 is 1.19 bits per heavy atom. The Kier molecular flexibility index (Phi) is 11.2. The molecule has 1 fully saturated rings. The molecule has 0 aromatic heterocycles. The quantitative estimate of drug-likeness (QED) is 0.363. The van der Waals surface area contributed by atoms with Gasteiger partial charge in [0.2, 0.25) is 0 Å². The molecule has 1 atom stereocenters. The van der Waals surface area contributed by atoms with Gasteiger partial charge in [-0.3, -0.25) is 4.90 Å². The Balaban J connectivity index is 0.00000338. The number of halogens is 1. The van der Waals surface area contributed by atoms with Gasteiger partial charge in [0.25, 0.3) is 0 Å². The summed E-state index contributed by atoms with van der Waals surface area (Å²) in [7, 11) is 0. The molecule has 1 aromatic rings. The summed E-state index contributed by atoms with van der Waals surface area (Å²) in [6.07, 6.45) is 0. The van der Waals surface area contributed by atoms with E-state index >= 15 is 0 Å². The van der Waals surface area contributed by atoms with Crippen LogP contribution in [0, 0.1) is 12.8 Å². The minimum absolute atomic E-state index is 0. The number of aryl methyl sites for hydroxylation is 1. The summed E-state index contributed by atoms with van der Waals surface area (Å²) >= 11 is 0. The first-order valence-electron chi connectivity index (χ1n) is 9.50. The number of morpholine rings is 1. The van der Waals surface area contributed by atoms with Crippen molar-refractivity contribution in [3.63, 3.8) is 0 Å². The first kappa shape index (κ1) is 23.2. The van der Waals surface area contributed by atoms with Gasteiger partial charge < -0.3 is 15.4 Å². The van der Waals surface area contributed by atoms with E-state index in [0.29, 0.717) is 18.5 Å². The zero-order valence-corrected chi connectivity index (χ0v) is 19.0. The fourth-order valence-electron chi connectivity index (χ4n) is 3.19. The molecule has 1 heterocycles. The van der Waals surface area contributed by atoms with E-state index in [1.807, 2.05) is 0 Å². The molecular formula is C20H35IN4O. The molecule has 26 heavy (non-hydrogen) atoms. The van der Waals surface area contributed by atoms with Gasteiger partial charge in [-0.15, -0.1) is 24.0 Å².